The molecular weight excluding hydrogens is 304 g/mol. The van der Waals surface area contributed by atoms with E-state index in [1.807, 2.05) is 0 Å². The van der Waals surface area contributed by atoms with Crippen molar-refractivity contribution in [2.45, 2.75) is 96.8 Å². The molecule has 0 radical (unpaired) electrons. The average molecular weight is 343 g/mol. The zero-order valence-electron chi connectivity index (χ0n) is 15.3. The van der Waals surface area contributed by atoms with Crippen molar-refractivity contribution in [3.8, 4) is 0 Å². The summed E-state index contributed by atoms with van der Waals surface area (Å²) in [5.41, 5.74) is 0. The van der Waals surface area contributed by atoms with Crippen molar-refractivity contribution in [2.75, 3.05) is 5.75 Å². The van der Waals surface area contributed by atoms with E-state index in [2.05, 4.69) is 25.7 Å². The normalized spacial score (nSPS) is 12.0. The number of hydrogen-bond donors (Lipinski definition) is 0. The Hall–Kier alpha value is -0.570. The van der Waals surface area contributed by atoms with Crippen LogP contribution >= 0.6 is 0 Å². The lowest BCUT2D eigenvalue weighted by atomic mass is 10.1. The lowest BCUT2D eigenvalue weighted by molar-refractivity contribution is 0.587. The topological polar surface area (TPSA) is 34.1 Å². The minimum atomic E-state index is -2.98. The van der Waals surface area contributed by atoms with E-state index < -0.39 is 9.84 Å². The maximum atomic E-state index is 11.2. The van der Waals surface area contributed by atoms with E-state index in [1.54, 1.807) is 0 Å². The van der Waals surface area contributed by atoms with Gasteiger partial charge < -0.3 is 0 Å². The SMILES string of the molecule is C=CS(=O)(=O)CCCCCCCC/C=C\CCCCCCCC. The molecule has 0 N–H and O–H groups in total. The summed E-state index contributed by atoms with van der Waals surface area (Å²) >= 11 is 0. The Morgan fingerprint density at radius 1 is 0.696 bits per heavy atom. The first kappa shape index (κ1) is 22.4. The summed E-state index contributed by atoms with van der Waals surface area (Å²) in [4.78, 5) is 0. The fourth-order valence-corrected chi connectivity index (χ4v) is 3.41. The van der Waals surface area contributed by atoms with Gasteiger partial charge in [-0.05, 0) is 32.1 Å². The van der Waals surface area contributed by atoms with Crippen LogP contribution in [0.5, 0.6) is 0 Å². The molecule has 0 heterocycles. The maximum Gasteiger partial charge on any atom is 0.171 e. The van der Waals surface area contributed by atoms with E-state index in [4.69, 9.17) is 0 Å². The number of unbranched alkanes of at least 4 members (excludes halogenated alkanes) is 12. The fraction of sp³-hybridized carbons (Fsp3) is 0.800. The molecule has 2 nitrogen and oxygen atoms in total. The van der Waals surface area contributed by atoms with Gasteiger partial charge in [-0.2, -0.15) is 0 Å². The lowest BCUT2D eigenvalue weighted by Crippen LogP contribution is -2.01. The molecule has 0 saturated heterocycles. The summed E-state index contributed by atoms with van der Waals surface area (Å²) in [6.45, 7) is 5.59. The number of hydrogen-bond acceptors (Lipinski definition) is 2. The van der Waals surface area contributed by atoms with Gasteiger partial charge in [0.1, 0.15) is 0 Å². The largest absolute Gasteiger partial charge is 0.224 e. The van der Waals surface area contributed by atoms with Crippen LogP contribution in [0.15, 0.2) is 24.1 Å². The Bertz CT molecular complexity index is 382. The van der Waals surface area contributed by atoms with Gasteiger partial charge in [0.25, 0.3) is 0 Å². The summed E-state index contributed by atoms with van der Waals surface area (Å²) in [5.74, 6) is 0.262. The van der Waals surface area contributed by atoms with Gasteiger partial charge in [0.05, 0.1) is 5.75 Å². The predicted octanol–water partition coefficient (Wildman–Crippen LogP) is 6.58. The number of sulfone groups is 1. The van der Waals surface area contributed by atoms with Crippen LogP contribution in [-0.2, 0) is 9.84 Å². The summed E-state index contributed by atoms with van der Waals surface area (Å²) in [7, 11) is -2.98. The second-order valence-electron chi connectivity index (χ2n) is 6.47. The van der Waals surface area contributed by atoms with Crippen LogP contribution in [-0.4, -0.2) is 14.2 Å². The first-order chi connectivity index (χ1) is 11.1. The fourth-order valence-electron chi connectivity index (χ4n) is 2.63. The van der Waals surface area contributed by atoms with Gasteiger partial charge in [-0.25, -0.2) is 8.42 Å². The highest BCUT2D eigenvalue weighted by molar-refractivity contribution is 7.94. The summed E-state index contributed by atoms with van der Waals surface area (Å²) in [5, 5.41) is 1.07. The van der Waals surface area contributed by atoms with E-state index in [0.717, 1.165) is 24.7 Å². The molecule has 0 rings (SSSR count). The van der Waals surface area contributed by atoms with Gasteiger partial charge in [-0.3, -0.25) is 0 Å². The van der Waals surface area contributed by atoms with Gasteiger partial charge in [0, 0.05) is 5.41 Å². The molecule has 0 aromatic carbocycles. The molecule has 0 aromatic rings. The van der Waals surface area contributed by atoms with E-state index in [-0.39, 0.29) is 5.75 Å². The zero-order valence-corrected chi connectivity index (χ0v) is 16.1. The van der Waals surface area contributed by atoms with Crippen LogP contribution in [0.2, 0.25) is 0 Å². The predicted molar refractivity (Wildman–Crippen MR) is 103 cm³/mol. The molecule has 0 fully saturated rings. The Morgan fingerprint density at radius 3 is 1.61 bits per heavy atom. The first-order valence-electron chi connectivity index (χ1n) is 9.62. The molecule has 0 bridgehead atoms. The molecular formula is C20H38O2S. The lowest BCUT2D eigenvalue weighted by Gasteiger charge is -2.01. The van der Waals surface area contributed by atoms with Gasteiger partial charge >= 0.3 is 0 Å². The number of allylic oxidation sites excluding steroid dienone is 2. The van der Waals surface area contributed by atoms with Gasteiger partial charge in [0.2, 0.25) is 0 Å². The van der Waals surface area contributed by atoms with Crippen LogP contribution in [0.3, 0.4) is 0 Å². The van der Waals surface area contributed by atoms with E-state index >= 15 is 0 Å². The van der Waals surface area contributed by atoms with Crippen molar-refractivity contribution in [1.82, 2.24) is 0 Å². The highest BCUT2D eigenvalue weighted by Crippen LogP contribution is 2.10. The summed E-state index contributed by atoms with van der Waals surface area (Å²) in [6, 6.07) is 0. The molecule has 0 saturated carbocycles. The van der Waals surface area contributed by atoms with Crippen molar-refractivity contribution in [2.24, 2.45) is 0 Å². The summed E-state index contributed by atoms with van der Waals surface area (Å²) < 4.78 is 22.4. The minimum absolute atomic E-state index is 0.262. The van der Waals surface area contributed by atoms with Crippen molar-refractivity contribution in [1.29, 1.82) is 0 Å². The molecule has 0 amide bonds. The van der Waals surface area contributed by atoms with Gasteiger partial charge in [-0.1, -0.05) is 83.4 Å². The molecule has 3 heteroatoms. The van der Waals surface area contributed by atoms with E-state index in [9.17, 15) is 8.42 Å². The Balaban J connectivity index is 3.21. The van der Waals surface area contributed by atoms with Crippen molar-refractivity contribution < 1.29 is 8.42 Å². The van der Waals surface area contributed by atoms with Gasteiger partial charge in [-0.15, -0.1) is 0 Å². The molecule has 0 aromatic heterocycles. The standard InChI is InChI=1S/C20H38O2S/c1-3-5-6-7-8-9-10-11-12-13-14-15-16-17-18-19-20-23(21,22)4-2/h4,11-12H,2-3,5-10,13-20H2,1H3/b12-11-. The molecule has 0 spiro atoms. The Labute approximate surface area is 145 Å². The van der Waals surface area contributed by atoms with Crippen LogP contribution in [0, 0.1) is 0 Å². The molecule has 0 unspecified atom stereocenters. The van der Waals surface area contributed by atoms with E-state index in [0.29, 0.717) is 0 Å². The monoisotopic (exact) mass is 342 g/mol. The molecule has 23 heavy (non-hydrogen) atoms. The van der Waals surface area contributed by atoms with Crippen LogP contribution < -0.4 is 0 Å². The molecule has 0 aliphatic carbocycles. The third-order valence-electron chi connectivity index (χ3n) is 4.19. The van der Waals surface area contributed by atoms with Gasteiger partial charge in [0.15, 0.2) is 9.84 Å². The molecule has 136 valence electrons. The van der Waals surface area contributed by atoms with E-state index in [1.165, 1.54) is 70.6 Å². The first-order valence-corrected chi connectivity index (χ1v) is 11.3. The van der Waals surface area contributed by atoms with Crippen molar-refractivity contribution in [3.63, 3.8) is 0 Å². The van der Waals surface area contributed by atoms with Crippen LogP contribution in [0.1, 0.15) is 96.8 Å². The quantitative estimate of drug-likeness (QED) is 0.221. The van der Waals surface area contributed by atoms with Crippen LogP contribution in [0.25, 0.3) is 0 Å². The third kappa shape index (κ3) is 17.6. The van der Waals surface area contributed by atoms with Crippen molar-refractivity contribution in [3.05, 3.63) is 24.1 Å². The zero-order chi connectivity index (χ0) is 17.2. The average Bonchev–Trinajstić information content (AvgIpc) is 2.54. The Morgan fingerprint density at radius 2 is 1.13 bits per heavy atom. The van der Waals surface area contributed by atoms with Crippen LogP contribution in [0.4, 0.5) is 0 Å². The molecule has 0 aliphatic rings. The number of rotatable bonds is 17. The highest BCUT2D eigenvalue weighted by Gasteiger charge is 2.03. The molecule has 0 atom stereocenters. The highest BCUT2D eigenvalue weighted by atomic mass is 32.2. The second-order valence-corrected chi connectivity index (χ2v) is 8.54. The second kappa shape index (κ2) is 16.3. The maximum absolute atomic E-state index is 11.2. The smallest absolute Gasteiger partial charge is 0.171 e. The Kier molecular flexibility index (Phi) is 15.9. The van der Waals surface area contributed by atoms with Crippen molar-refractivity contribution >= 4 is 9.84 Å². The molecule has 0 aliphatic heterocycles. The minimum Gasteiger partial charge on any atom is -0.224 e. The third-order valence-corrected chi connectivity index (χ3v) is 5.56. The summed E-state index contributed by atoms with van der Waals surface area (Å²) in [6.07, 6.45) is 22.0.